The third-order valence-electron chi connectivity index (χ3n) is 28.2. The van der Waals surface area contributed by atoms with Gasteiger partial charge >= 0.3 is 0 Å². The van der Waals surface area contributed by atoms with Crippen LogP contribution in [0.5, 0.6) is 0 Å². The lowest BCUT2D eigenvalue weighted by Gasteiger charge is -2.40. The molecular weight excluding hydrogens is 1370 g/mol. The van der Waals surface area contributed by atoms with Crippen LogP contribution in [0.4, 0.5) is 17.3 Å². The van der Waals surface area contributed by atoms with Crippen molar-refractivity contribution in [3.63, 3.8) is 0 Å². The van der Waals surface area contributed by atoms with E-state index < -0.39 is 10.8 Å². The zero-order chi connectivity index (χ0) is 75.6. The second kappa shape index (κ2) is 28.0. The minimum Gasteiger partial charge on any atom is -0.456 e. The molecule has 0 N–H and O–H groups in total. The maximum atomic E-state index is 7.70. The molecule has 560 valence electrons. The molecule has 0 bridgehead atoms. The van der Waals surface area contributed by atoms with Crippen molar-refractivity contribution in [3.8, 4) is 66.8 Å². The van der Waals surface area contributed by atoms with Crippen LogP contribution in [0, 0.1) is 0 Å². The Morgan fingerprint density at radius 3 is 1.22 bits per heavy atom. The van der Waals surface area contributed by atoms with Gasteiger partial charge in [0.1, 0.15) is 22.3 Å². The molecule has 15 aromatic rings. The van der Waals surface area contributed by atoms with Crippen LogP contribution in [-0.2, 0) is 21.7 Å². The van der Waals surface area contributed by atoms with Gasteiger partial charge in [-0.05, 0) is 214 Å². The van der Waals surface area contributed by atoms with Crippen LogP contribution in [0.3, 0.4) is 0 Å². The van der Waals surface area contributed by atoms with E-state index in [9.17, 15) is 0 Å². The average molecular weight is 1470 g/mol. The molecule has 0 amide bonds. The van der Waals surface area contributed by atoms with Gasteiger partial charge in [-0.15, -0.1) is 0 Å². The summed E-state index contributed by atoms with van der Waals surface area (Å²) in [6.45, 7) is 9.47. The standard InChI is InChI=1S/C108H101N3O2/c1-5-9-13-17-35-60-105(61-36-18-14-10-6-2)83-47-28-25-44-77(83)98-99-80-46-27-34-53-94(80)113-103(99)100-78-57-55-70(66-89(78)106(102(100)101(98)105,62-37-19-15-11-7-3)63-38-20-16-12-8-4)111(104-109-64-39-65-110-104)71-54-56-76-81-68-92-82(69-91(81)108(90(76)67-71)86-50-31-23-42-74(86)75-43-24-32-51-87(75)108)96-88(58-59-95-97(96)79-45-26-33-52-93(79)112-95)107(92)84-48-29-21-40-72(84)73-41-22-30-49-85(73)107/h21-34,39-59,64-69H,5-20,35-38,60-63H2,1-4H3. The maximum absolute atomic E-state index is 7.70. The summed E-state index contributed by atoms with van der Waals surface area (Å²) >= 11 is 0. The molecule has 12 aromatic carbocycles. The Balaban J connectivity index is 0.820. The van der Waals surface area contributed by atoms with Gasteiger partial charge in [0.2, 0.25) is 5.95 Å². The van der Waals surface area contributed by atoms with Crippen LogP contribution in [0.1, 0.15) is 249 Å². The lowest BCUT2D eigenvalue weighted by atomic mass is 9.62. The van der Waals surface area contributed by atoms with E-state index >= 15 is 0 Å². The number of rotatable bonds is 27. The lowest BCUT2D eigenvalue weighted by Crippen LogP contribution is -2.33. The summed E-state index contributed by atoms with van der Waals surface area (Å²) in [5.41, 5.74) is 36.6. The monoisotopic (exact) mass is 1470 g/mol. The predicted molar refractivity (Wildman–Crippen MR) is 470 cm³/mol. The smallest absolute Gasteiger partial charge is 0.234 e. The highest BCUT2D eigenvalue weighted by Gasteiger charge is 2.59. The SMILES string of the molecule is CCCCCCCC1(CCCCCCC)c2cc(N(c3ccc4c(c3)C3(c5ccccc5-c5ccccc53)c3cc5c(cc3-4)C3(c4ccccc4-c4ccccc43)c3ccc4oc6ccccc6c4c3-5)c3ncccn3)ccc2-c2c1c1c(c3c2oc2ccccc23)-c2ccccc2C1(CCCCCCC)CCCCCCC. The summed E-state index contributed by atoms with van der Waals surface area (Å²) < 4.78 is 14.6. The third-order valence-corrected chi connectivity index (χ3v) is 28.2. The van der Waals surface area contributed by atoms with Gasteiger partial charge in [0, 0.05) is 61.7 Å². The van der Waals surface area contributed by atoms with Gasteiger partial charge in [-0.25, -0.2) is 9.97 Å². The Bertz CT molecular complexity index is 6140. The van der Waals surface area contributed by atoms with E-state index in [-0.39, 0.29) is 10.8 Å². The van der Waals surface area contributed by atoms with Crippen LogP contribution in [0.15, 0.2) is 258 Å². The highest BCUT2D eigenvalue weighted by atomic mass is 16.3. The largest absolute Gasteiger partial charge is 0.456 e. The van der Waals surface area contributed by atoms with E-state index in [1.807, 2.05) is 18.5 Å². The fourth-order valence-corrected chi connectivity index (χ4v) is 23.5. The van der Waals surface area contributed by atoms with Gasteiger partial charge in [-0.3, -0.25) is 4.90 Å². The molecule has 0 aliphatic heterocycles. The number of aromatic nitrogens is 2. The third kappa shape index (κ3) is 10.1. The Morgan fingerprint density at radius 1 is 0.274 bits per heavy atom. The molecule has 0 radical (unpaired) electrons. The molecule has 0 saturated heterocycles. The first kappa shape index (κ1) is 70.0. The minimum absolute atomic E-state index is 0.184. The number of unbranched alkanes of at least 4 members (excludes halogenated alkanes) is 16. The molecule has 3 aromatic heterocycles. The van der Waals surface area contributed by atoms with Crippen molar-refractivity contribution in [1.29, 1.82) is 0 Å². The molecule has 113 heavy (non-hydrogen) atoms. The first-order chi connectivity index (χ1) is 55.9. The summed E-state index contributed by atoms with van der Waals surface area (Å²) in [5, 5.41) is 4.86. The fraction of sp³-hybridized carbons (Fsp3) is 0.296. The molecule has 3 heterocycles. The van der Waals surface area contributed by atoms with E-state index in [1.54, 1.807) is 16.7 Å². The van der Waals surface area contributed by atoms with Crippen LogP contribution in [-0.4, -0.2) is 9.97 Å². The van der Waals surface area contributed by atoms with Crippen molar-refractivity contribution in [2.45, 2.75) is 203 Å². The number of hydrogen-bond acceptors (Lipinski definition) is 5. The molecule has 21 rings (SSSR count). The van der Waals surface area contributed by atoms with Crippen molar-refractivity contribution in [3.05, 3.63) is 316 Å². The first-order valence-corrected chi connectivity index (χ1v) is 43.4. The second-order valence-corrected chi connectivity index (χ2v) is 34.1. The molecular formula is C108H101N3O2. The van der Waals surface area contributed by atoms with Gasteiger partial charge < -0.3 is 8.83 Å². The maximum Gasteiger partial charge on any atom is 0.234 e. The highest BCUT2D eigenvalue weighted by Crippen LogP contribution is 2.72. The van der Waals surface area contributed by atoms with E-state index in [0.29, 0.717) is 5.95 Å². The number of fused-ring (bicyclic) bond motifs is 36. The van der Waals surface area contributed by atoms with Crippen molar-refractivity contribution >= 4 is 61.2 Å². The van der Waals surface area contributed by atoms with Crippen LogP contribution >= 0.6 is 0 Å². The predicted octanol–water partition coefficient (Wildman–Crippen LogP) is 30.4. The molecule has 6 aliphatic carbocycles. The first-order valence-electron chi connectivity index (χ1n) is 43.4. The second-order valence-electron chi connectivity index (χ2n) is 34.1. The van der Waals surface area contributed by atoms with Gasteiger partial charge in [0.05, 0.1) is 10.8 Å². The molecule has 0 fully saturated rings. The summed E-state index contributed by atoms with van der Waals surface area (Å²) in [7, 11) is 0. The lowest BCUT2D eigenvalue weighted by molar-refractivity contribution is 0.369. The topological polar surface area (TPSA) is 55.3 Å². The van der Waals surface area contributed by atoms with Crippen molar-refractivity contribution in [2.24, 2.45) is 0 Å². The Hall–Kier alpha value is -10.9. The van der Waals surface area contributed by atoms with Gasteiger partial charge in [0.15, 0.2) is 0 Å². The van der Waals surface area contributed by atoms with Crippen molar-refractivity contribution in [2.75, 3.05) is 4.90 Å². The van der Waals surface area contributed by atoms with Crippen LogP contribution in [0.25, 0.3) is 111 Å². The van der Waals surface area contributed by atoms with Crippen LogP contribution in [0.2, 0.25) is 0 Å². The molecule has 6 aliphatic rings. The van der Waals surface area contributed by atoms with E-state index in [4.69, 9.17) is 18.8 Å². The Morgan fingerprint density at radius 2 is 0.673 bits per heavy atom. The van der Waals surface area contributed by atoms with E-state index in [2.05, 4.69) is 263 Å². The van der Waals surface area contributed by atoms with Gasteiger partial charge in [0.25, 0.3) is 0 Å². The number of nitrogens with zero attached hydrogens (tertiary/aromatic N) is 3. The number of hydrogen-bond donors (Lipinski definition) is 0. The molecule has 0 atom stereocenters. The zero-order valence-corrected chi connectivity index (χ0v) is 66.3. The van der Waals surface area contributed by atoms with Gasteiger partial charge in [-0.2, -0.15) is 0 Å². The van der Waals surface area contributed by atoms with Crippen molar-refractivity contribution < 1.29 is 8.83 Å². The molecule has 0 unspecified atom stereocenters. The summed E-state index contributed by atoms with van der Waals surface area (Å²) in [6, 6.07) is 91.9. The molecule has 5 nitrogen and oxygen atoms in total. The van der Waals surface area contributed by atoms with E-state index in [0.717, 1.165) is 77.6 Å². The Labute approximate surface area is 666 Å². The normalized spacial score (nSPS) is 15.0. The summed E-state index contributed by atoms with van der Waals surface area (Å²) in [6.07, 6.45) is 33.0. The summed E-state index contributed by atoms with van der Waals surface area (Å²) in [4.78, 5) is 13.2. The quantitative estimate of drug-likeness (QED) is 0.0480. The number of para-hydroxylation sites is 2. The number of furan rings is 2. The fourth-order valence-electron chi connectivity index (χ4n) is 23.5. The zero-order valence-electron chi connectivity index (χ0n) is 66.3. The Kier molecular flexibility index (Phi) is 17.4. The van der Waals surface area contributed by atoms with Gasteiger partial charge in [-0.1, -0.05) is 332 Å². The molecule has 2 spiro atoms. The number of anilines is 3. The van der Waals surface area contributed by atoms with E-state index in [1.165, 1.54) is 249 Å². The van der Waals surface area contributed by atoms with Crippen LogP contribution < -0.4 is 4.90 Å². The number of benzene rings is 12. The molecule has 5 heteroatoms. The summed E-state index contributed by atoms with van der Waals surface area (Å²) in [5.74, 6) is 0.651. The molecule has 0 saturated carbocycles. The average Bonchev–Trinajstić information content (AvgIpc) is 1.50. The minimum atomic E-state index is -0.724. The highest BCUT2D eigenvalue weighted by molar-refractivity contribution is 6.22. The van der Waals surface area contributed by atoms with Crippen molar-refractivity contribution in [1.82, 2.24) is 9.97 Å².